The molecule has 498 valence electrons. The summed E-state index contributed by atoms with van der Waals surface area (Å²) in [4.78, 5) is 13.8. The van der Waals surface area contributed by atoms with Crippen molar-refractivity contribution in [2.75, 3.05) is 49.5 Å². The minimum atomic E-state index is -0.826. The van der Waals surface area contributed by atoms with E-state index in [1.807, 2.05) is 54.9 Å². The third-order valence-corrected chi connectivity index (χ3v) is 13.5. The summed E-state index contributed by atoms with van der Waals surface area (Å²) in [7, 11) is 21.6. The van der Waals surface area contributed by atoms with Gasteiger partial charge >= 0.3 is 81.3 Å². The molecule has 0 aliphatic rings. The third kappa shape index (κ3) is 30.9. The summed E-state index contributed by atoms with van der Waals surface area (Å²) < 4.78 is 16.2. The fourth-order valence-corrected chi connectivity index (χ4v) is 8.32. The predicted octanol–water partition coefficient (Wildman–Crippen LogP) is 21.7. The molecule has 0 fully saturated rings. The fourth-order valence-electron chi connectivity index (χ4n) is 8.32. The van der Waals surface area contributed by atoms with Gasteiger partial charge < -0.3 is 55.0 Å². The van der Waals surface area contributed by atoms with Gasteiger partial charge in [-0.1, -0.05) is 196 Å². The van der Waals surface area contributed by atoms with E-state index in [2.05, 4.69) is 220 Å². The molecule has 0 unspecified atom stereocenters. The third-order valence-electron chi connectivity index (χ3n) is 13.5. The predicted molar refractivity (Wildman–Crippen MR) is 386 cm³/mol. The Bertz CT molecular complexity index is 3190. The molecule has 3 N–H and O–H groups in total. The Morgan fingerprint density at radius 1 is 0.407 bits per heavy atom. The van der Waals surface area contributed by atoms with Crippen molar-refractivity contribution in [2.24, 2.45) is 15.0 Å². The Labute approximate surface area is 601 Å². The molecule has 6 rings (SSSR count). The normalized spacial score (nSPS) is 11.4. The number of hydrogen-bond acceptors (Lipinski definition) is 9. The molecule has 16 heteroatoms. The first-order chi connectivity index (χ1) is 40.0. The number of rotatable bonds is 9. The van der Waals surface area contributed by atoms with E-state index < -0.39 is 20.8 Å². The monoisotopic (exact) mass is 1430 g/mol. The van der Waals surface area contributed by atoms with Crippen LogP contribution in [0.2, 0.25) is 0 Å². The van der Waals surface area contributed by atoms with Crippen molar-refractivity contribution in [3.05, 3.63) is 183 Å². The van der Waals surface area contributed by atoms with E-state index in [-0.39, 0.29) is 108 Å². The maximum Gasteiger partial charge on any atom is 2.00 e. The van der Waals surface area contributed by atoms with Crippen LogP contribution in [0.5, 0.6) is 34.5 Å². The number of halogens is 2. The quantitative estimate of drug-likeness (QED) is 0.0744. The Morgan fingerprint density at radius 2 is 0.692 bits per heavy atom. The van der Waals surface area contributed by atoms with Crippen molar-refractivity contribution in [2.45, 2.75) is 178 Å². The Hall–Kier alpha value is -4.06. The average molecular weight is 1440 g/mol. The molecule has 0 saturated heterocycles. The summed E-state index contributed by atoms with van der Waals surface area (Å²) >= 11 is -0.826. The Balaban J connectivity index is -0.000000574. The minimum absolute atomic E-state index is 0. The van der Waals surface area contributed by atoms with Gasteiger partial charge in [0.25, 0.3) is 0 Å². The summed E-state index contributed by atoms with van der Waals surface area (Å²) in [6, 6.07) is 30.4. The van der Waals surface area contributed by atoms with Crippen LogP contribution in [0.25, 0.3) is 10.6 Å². The second-order valence-corrected chi connectivity index (χ2v) is 31.4. The van der Waals surface area contributed by atoms with E-state index >= 15 is 0 Å². The molecule has 0 aromatic heterocycles. The van der Waals surface area contributed by atoms with Gasteiger partial charge in [0.15, 0.2) is 11.5 Å². The number of aliphatic imine (C=N–C) groups is 3. The molecule has 0 amide bonds. The van der Waals surface area contributed by atoms with Crippen LogP contribution in [0, 0.1) is 35.6 Å². The van der Waals surface area contributed by atoms with Gasteiger partial charge in [0.05, 0.1) is 21.3 Å². The van der Waals surface area contributed by atoms with Crippen LogP contribution in [0.4, 0.5) is 17.1 Å². The smallest absolute Gasteiger partial charge is 2.00 e. The second kappa shape index (κ2) is 41.7. The zero-order chi connectivity index (χ0) is 67.2. The first-order valence-electron chi connectivity index (χ1n) is 29.2. The molecule has 0 bridgehead atoms. The van der Waals surface area contributed by atoms with E-state index in [1.165, 1.54) is 27.8 Å². The second-order valence-electron chi connectivity index (χ2n) is 27.6. The number of hydrogen-bond donors (Lipinski definition) is 3. The maximum atomic E-state index is 10.9. The van der Waals surface area contributed by atoms with Gasteiger partial charge in [0.1, 0.15) is 34.3 Å². The number of aryl methyl sites for hydroxylation is 3. The summed E-state index contributed by atoms with van der Waals surface area (Å²) in [5, 5.41) is 39.4. The molecule has 0 radical (unpaired) electrons. The molecule has 0 aliphatic carbocycles. The van der Waals surface area contributed by atoms with Crippen molar-refractivity contribution in [1.82, 2.24) is 0 Å². The summed E-state index contributed by atoms with van der Waals surface area (Å²) in [5.41, 5.74) is 14.0. The van der Waals surface area contributed by atoms with E-state index in [1.54, 1.807) is 55.7 Å². The van der Waals surface area contributed by atoms with Crippen LogP contribution >= 0.6 is 17.0 Å². The van der Waals surface area contributed by atoms with Gasteiger partial charge in [-0.3, -0.25) is 15.0 Å². The number of nitrogens with zero attached hydrogens (tertiary/aromatic N) is 5. The van der Waals surface area contributed by atoms with Crippen molar-refractivity contribution >= 4 is 52.7 Å². The topological polar surface area (TPSA) is 154 Å². The first-order valence-corrected chi connectivity index (χ1v) is 35.5. The Kier molecular flexibility index (Phi) is 42.8. The van der Waals surface area contributed by atoms with Gasteiger partial charge in [-0.2, -0.15) is 28.2 Å². The zero-order valence-electron chi connectivity index (χ0n) is 61.0. The van der Waals surface area contributed by atoms with Gasteiger partial charge in [-0.05, 0) is 117 Å². The zero-order valence-corrected chi connectivity index (χ0v) is 68.0. The largest absolute Gasteiger partial charge is 2.00 e. The van der Waals surface area contributed by atoms with Crippen molar-refractivity contribution < 1.29 is 93.8 Å². The maximum absolute atomic E-state index is 10.9. The molecule has 0 saturated carbocycles. The SMILES string of the molecule is COc1cc(C=Nc2cc(C(C)(C)C)cc(C(C)(C)C)c2O)cc(OC)c1OC.C[N-]C.C[N-]C.Cc1ccc(C)c(C=Nc2cc(C(C)(C)C)cc(C(C)(C)C)c2O)c1.Cc1ccc(C=Nc2cc(C(C)(C)C)cc(C(C)(C)C)c2O)cc1.[CH3-].[CH3-].[Cl][Zr][Cl].[Ti+2].[Ti+2]. The average Bonchev–Trinajstić information content (AvgIpc) is 1.49. The van der Waals surface area contributed by atoms with E-state index in [9.17, 15) is 15.3 Å². The van der Waals surface area contributed by atoms with Gasteiger partial charge in [0, 0.05) is 40.9 Å². The van der Waals surface area contributed by atoms with Crippen LogP contribution in [-0.4, -0.2) is 83.5 Å². The molecule has 0 spiro atoms. The molecule has 11 nitrogen and oxygen atoms in total. The van der Waals surface area contributed by atoms with Gasteiger partial charge in [-0.25, -0.2) is 0 Å². The number of ether oxygens (including phenoxy) is 3. The number of phenols is 3. The number of benzene rings is 6. The first kappa shape index (κ1) is 93.3. The molecule has 91 heavy (non-hydrogen) atoms. The van der Waals surface area contributed by atoms with Crippen LogP contribution in [0.3, 0.4) is 0 Å². The molecule has 0 aliphatic heterocycles. The fraction of sp³-hybridized carbons (Fsp3) is 0.453. The van der Waals surface area contributed by atoms with Crippen LogP contribution < -0.4 is 14.2 Å². The molecule has 6 aromatic carbocycles. The minimum Gasteiger partial charge on any atom is 2.00 e. The summed E-state index contributed by atoms with van der Waals surface area (Å²) in [6.07, 6.45) is 5.36. The van der Waals surface area contributed by atoms with E-state index in [0.717, 1.165) is 38.9 Å². The number of aromatic hydroxyl groups is 3. The number of methoxy groups -OCH3 is 3. The molecular formula is C75H111Cl2N5O6Ti2Zr. The van der Waals surface area contributed by atoms with E-state index in [4.69, 9.17) is 31.2 Å². The molecule has 0 atom stereocenters. The van der Waals surface area contributed by atoms with Crippen molar-refractivity contribution in [1.29, 1.82) is 0 Å². The van der Waals surface area contributed by atoms with Crippen LogP contribution in [-0.2, 0) is 96.8 Å². The van der Waals surface area contributed by atoms with E-state index in [0.29, 0.717) is 34.3 Å². The molecule has 0 heterocycles. The summed E-state index contributed by atoms with van der Waals surface area (Å²) in [6.45, 7) is 44.7. The van der Waals surface area contributed by atoms with Crippen LogP contribution in [0.15, 0.2) is 106 Å². The Morgan fingerprint density at radius 3 is 0.967 bits per heavy atom. The number of phenolic OH excluding ortho intramolecular Hbond substituents is 3. The van der Waals surface area contributed by atoms with Gasteiger partial charge in [-0.15, -0.1) is 0 Å². The van der Waals surface area contributed by atoms with Crippen LogP contribution in [0.1, 0.15) is 191 Å². The van der Waals surface area contributed by atoms with Crippen molar-refractivity contribution in [3.8, 4) is 34.5 Å². The molecule has 6 aromatic rings. The van der Waals surface area contributed by atoms with Crippen molar-refractivity contribution in [3.63, 3.8) is 0 Å². The summed E-state index contributed by atoms with van der Waals surface area (Å²) in [5.74, 6) is 2.39. The van der Waals surface area contributed by atoms with Gasteiger partial charge in [0.2, 0.25) is 5.75 Å². The molecular weight excluding hydrogens is 1320 g/mol. The standard InChI is InChI=1S/C24H33NO4.C23H31NO.C22H29NO.2C2H6N.2CH3.2ClH.2Ti.Zr/c1-23(2,3)16-12-17(24(4,5)6)21(26)18(13-16)25-14-15-10-19(27-7)22(29-9)20(11-15)28-8;1-15-9-10-16(2)17(11-15)14-24-20-13-18(22(3,4)5)12-19(21(20)25)23(6,7)8;1-15-8-10-16(11-9-15)14-23-19-13-17(21(2,3)4)12-18(20(19)24)22(5,6)7;2*1-3-2;;;;;;;/h10-14,26H,1-9H3;9-14,25H,1-8H3;8-14,24H,1-7H3;2*1-2H3;2*1H3;2*1H;;;/q;;;4*-1;;;3*+2/p-2.